The summed E-state index contributed by atoms with van der Waals surface area (Å²) in [6.45, 7) is -0.225. The van der Waals surface area contributed by atoms with E-state index in [9.17, 15) is 13.5 Å². The number of aliphatic hydroxyl groups excluding tert-OH is 1. The maximum Gasteiger partial charge on any atom is 0.152 e. The highest BCUT2D eigenvalue weighted by molar-refractivity contribution is 7.91. The number of halogens is 1. The number of nitrogens with one attached hydrogen (secondary N) is 1. The summed E-state index contributed by atoms with van der Waals surface area (Å²) in [4.78, 5) is 0. The highest BCUT2D eigenvalue weighted by atomic mass is 35.5. The summed E-state index contributed by atoms with van der Waals surface area (Å²) in [6.07, 6.45) is 0.400. The van der Waals surface area contributed by atoms with Gasteiger partial charge in [0, 0.05) is 0 Å². The molecule has 1 aromatic carbocycles. The van der Waals surface area contributed by atoms with Crippen LogP contribution in [0.1, 0.15) is 6.42 Å². The van der Waals surface area contributed by atoms with Crippen LogP contribution in [-0.2, 0) is 9.84 Å². The maximum absolute atomic E-state index is 11.5. The molecule has 1 aliphatic rings. The van der Waals surface area contributed by atoms with Gasteiger partial charge in [0.2, 0.25) is 0 Å². The molecule has 1 fully saturated rings. The molecule has 1 aliphatic heterocycles. The smallest absolute Gasteiger partial charge is 0.152 e. The second kappa shape index (κ2) is 4.48. The van der Waals surface area contributed by atoms with Crippen LogP contribution in [-0.4, -0.2) is 37.2 Å². The van der Waals surface area contributed by atoms with Gasteiger partial charge in [-0.1, -0.05) is 23.7 Å². The zero-order valence-corrected chi connectivity index (χ0v) is 10.8. The molecule has 0 bridgehead atoms. The van der Waals surface area contributed by atoms with Crippen LogP contribution in [0.3, 0.4) is 0 Å². The van der Waals surface area contributed by atoms with E-state index < -0.39 is 15.4 Å². The largest absolute Gasteiger partial charge is 0.394 e. The van der Waals surface area contributed by atoms with Crippen molar-refractivity contribution in [1.82, 2.24) is 0 Å². The number of anilines is 1. The average molecular weight is 276 g/mol. The van der Waals surface area contributed by atoms with Crippen LogP contribution < -0.4 is 5.32 Å². The Labute approximate surface area is 106 Å². The first-order valence-corrected chi connectivity index (χ1v) is 7.50. The van der Waals surface area contributed by atoms with Crippen molar-refractivity contribution in [1.29, 1.82) is 0 Å². The van der Waals surface area contributed by atoms with E-state index in [-0.39, 0.29) is 18.1 Å². The summed E-state index contributed by atoms with van der Waals surface area (Å²) in [7, 11) is -3.06. The van der Waals surface area contributed by atoms with E-state index >= 15 is 0 Å². The lowest BCUT2D eigenvalue weighted by Crippen LogP contribution is -2.43. The van der Waals surface area contributed by atoms with Gasteiger partial charge >= 0.3 is 0 Å². The van der Waals surface area contributed by atoms with Crippen LogP contribution in [0, 0.1) is 0 Å². The molecule has 94 valence electrons. The number of aliphatic hydroxyl groups is 1. The molecule has 0 radical (unpaired) electrons. The van der Waals surface area contributed by atoms with Crippen molar-refractivity contribution in [2.75, 3.05) is 23.4 Å². The minimum absolute atomic E-state index is 0.0538. The number of rotatable bonds is 3. The normalized spacial score (nSPS) is 26.9. The van der Waals surface area contributed by atoms with Gasteiger partial charge in [0.25, 0.3) is 0 Å². The topological polar surface area (TPSA) is 66.4 Å². The Balaban J connectivity index is 2.25. The van der Waals surface area contributed by atoms with Crippen LogP contribution in [0.25, 0.3) is 0 Å². The van der Waals surface area contributed by atoms with Crippen LogP contribution in [0.5, 0.6) is 0 Å². The monoisotopic (exact) mass is 275 g/mol. The molecular weight excluding hydrogens is 262 g/mol. The van der Waals surface area contributed by atoms with Gasteiger partial charge in [-0.25, -0.2) is 8.42 Å². The third-order valence-electron chi connectivity index (χ3n) is 2.96. The van der Waals surface area contributed by atoms with Crippen molar-refractivity contribution in [2.45, 2.75) is 12.0 Å². The lowest BCUT2D eigenvalue weighted by Gasteiger charge is -2.28. The Morgan fingerprint density at radius 1 is 1.41 bits per heavy atom. The van der Waals surface area contributed by atoms with Crippen molar-refractivity contribution in [3.8, 4) is 0 Å². The SMILES string of the molecule is O=S1(=O)CCC(CO)(Nc2ccccc2Cl)C1. The van der Waals surface area contributed by atoms with Crippen LogP contribution >= 0.6 is 11.6 Å². The molecule has 0 saturated carbocycles. The Kier molecular flexibility index (Phi) is 3.34. The molecule has 17 heavy (non-hydrogen) atoms. The average Bonchev–Trinajstić information content (AvgIpc) is 2.59. The molecule has 1 heterocycles. The quantitative estimate of drug-likeness (QED) is 0.873. The fourth-order valence-corrected chi connectivity index (χ4v) is 4.21. The third-order valence-corrected chi connectivity index (χ3v) is 5.11. The van der Waals surface area contributed by atoms with Gasteiger partial charge in [0.1, 0.15) is 0 Å². The van der Waals surface area contributed by atoms with Gasteiger partial charge in [-0.15, -0.1) is 0 Å². The molecule has 1 unspecified atom stereocenters. The molecule has 0 aliphatic carbocycles. The lowest BCUT2D eigenvalue weighted by molar-refractivity contribution is 0.226. The van der Waals surface area contributed by atoms with Crippen LogP contribution in [0.15, 0.2) is 24.3 Å². The van der Waals surface area contributed by atoms with Crippen molar-refractivity contribution in [2.24, 2.45) is 0 Å². The summed E-state index contributed by atoms with van der Waals surface area (Å²) in [5, 5.41) is 13.0. The molecule has 1 saturated heterocycles. The van der Waals surface area contributed by atoms with Gasteiger partial charge in [0.15, 0.2) is 9.84 Å². The summed E-state index contributed by atoms with van der Waals surface area (Å²) < 4.78 is 23.0. The van der Waals surface area contributed by atoms with Crippen LogP contribution in [0.2, 0.25) is 5.02 Å². The maximum atomic E-state index is 11.5. The molecule has 1 aromatic rings. The Morgan fingerprint density at radius 2 is 2.12 bits per heavy atom. The molecule has 0 spiro atoms. The molecule has 2 N–H and O–H groups in total. The van der Waals surface area contributed by atoms with E-state index in [1.807, 2.05) is 6.07 Å². The number of benzene rings is 1. The van der Waals surface area contributed by atoms with Crippen molar-refractivity contribution >= 4 is 27.1 Å². The number of hydrogen-bond donors (Lipinski definition) is 2. The van der Waals surface area contributed by atoms with Crippen molar-refractivity contribution in [3.05, 3.63) is 29.3 Å². The van der Waals surface area contributed by atoms with Gasteiger partial charge in [-0.3, -0.25) is 0 Å². The minimum atomic E-state index is -3.06. The summed E-state index contributed by atoms with van der Waals surface area (Å²) >= 11 is 6.00. The fraction of sp³-hybridized carbons (Fsp3) is 0.455. The van der Waals surface area contributed by atoms with E-state index in [0.717, 1.165) is 0 Å². The van der Waals surface area contributed by atoms with E-state index in [4.69, 9.17) is 11.6 Å². The Bertz CT molecular complexity index is 517. The molecule has 2 rings (SSSR count). The Hall–Kier alpha value is -0.780. The second-order valence-corrected chi connectivity index (χ2v) is 6.98. The Morgan fingerprint density at radius 3 is 2.65 bits per heavy atom. The highest BCUT2D eigenvalue weighted by Gasteiger charge is 2.42. The molecule has 0 amide bonds. The van der Waals surface area contributed by atoms with E-state index in [2.05, 4.69) is 5.32 Å². The predicted molar refractivity (Wildman–Crippen MR) is 68.2 cm³/mol. The summed E-state index contributed by atoms with van der Waals surface area (Å²) in [5.74, 6) is 0.0483. The predicted octanol–water partition coefficient (Wildman–Crippen LogP) is 1.30. The van der Waals surface area contributed by atoms with E-state index in [1.54, 1.807) is 18.2 Å². The molecule has 4 nitrogen and oxygen atoms in total. The van der Waals surface area contributed by atoms with E-state index in [0.29, 0.717) is 17.1 Å². The van der Waals surface area contributed by atoms with Gasteiger partial charge < -0.3 is 10.4 Å². The van der Waals surface area contributed by atoms with Gasteiger partial charge in [-0.05, 0) is 18.6 Å². The summed E-state index contributed by atoms with van der Waals surface area (Å²) in [5.41, 5.74) is -0.149. The summed E-state index contributed by atoms with van der Waals surface area (Å²) in [6, 6.07) is 7.09. The van der Waals surface area contributed by atoms with E-state index in [1.165, 1.54) is 0 Å². The number of hydrogen-bond acceptors (Lipinski definition) is 4. The lowest BCUT2D eigenvalue weighted by atomic mass is 10.00. The first-order chi connectivity index (χ1) is 7.96. The molecule has 6 heteroatoms. The highest BCUT2D eigenvalue weighted by Crippen LogP contribution is 2.30. The number of para-hydroxylation sites is 1. The van der Waals surface area contributed by atoms with Crippen molar-refractivity contribution in [3.63, 3.8) is 0 Å². The second-order valence-electron chi connectivity index (χ2n) is 4.39. The first-order valence-electron chi connectivity index (χ1n) is 5.30. The number of sulfone groups is 1. The minimum Gasteiger partial charge on any atom is -0.394 e. The molecule has 1 atom stereocenters. The molecule has 0 aromatic heterocycles. The fourth-order valence-electron chi connectivity index (χ4n) is 2.03. The van der Waals surface area contributed by atoms with Crippen molar-refractivity contribution < 1.29 is 13.5 Å². The van der Waals surface area contributed by atoms with Crippen LogP contribution in [0.4, 0.5) is 5.69 Å². The standard InChI is InChI=1S/C11H14ClNO3S/c12-9-3-1-2-4-10(9)13-11(7-14)5-6-17(15,16)8-11/h1-4,13-14H,5-8H2. The third kappa shape index (κ3) is 2.73. The zero-order valence-electron chi connectivity index (χ0n) is 9.19. The molecular formula is C11H14ClNO3S. The zero-order chi connectivity index (χ0) is 12.5. The van der Waals surface area contributed by atoms with Gasteiger partial charge in [0.05, 0.1) is 34.4 Å². The first kappa shape index (κ1) is 12.7. The van der Waals surface area contributed by atoms with Gasteiger partial charge in [-0.2, -0.15) is 0 Å².